The molecule has 3 aliphatic carbocycles. The quantitative estimate of drug-likeness (QED) is 0.361. The molecule has 0 radical (unpaired) electrons. The Morgan fingerprint density at radius 3 is 2.15 bits per heavy atom. The summed E-state index contributed by atoms with van der Waals surface area (Å²) in [7, 11) is 0. The molecule has 0 bridgehead atoms. The first-order valence-corrected chi connectivity index (χ1v) is 14.4. The van der Waals surface area contributed by atoms with E-state index in [1.807, 2.05) is 13.8 Å². The Labute approximate surface area is 231 Å². The first-order chi connectivity index (χ1) is 18.4. The van der Waals surface area contributed by atoms with Gasteiger partial charge in [-0.1, -0.05) is 20.8 Å². The molecule has 9 unspecified atom stereocenters. The summed E-state index contributed by atoms with van der Waals surface area (Å²) in [6, 6.07) is 3.52. The summed E-state index contributed by atoms with van der Waals surface area (Å²) in [5, 5.41) is 21.8. The third kappa shape index (κ3) is 6.32. The smallest absolute Gasteiger partial charge is 0.308 e. The van der Waals surface area contributed by atoms with Crippen molar-refractivity contribution in [1.29, 1.82) is 0 Å². The highest BCUT2D eigenvalue weighted by Crippen LogP contribution is 2.59. The van der Waals surface area contributed by atoms with Crippen molar-refractivity contribution >= 4 is 17.9 Å². The third-order valence-corrected chi connectivity index (χ3v) is 9.42. The number of benzene rings is 1. The molecular weight excluding hydrogens is 500 g/mol. The summed E-state index contributed by atoms with van der Waals surface area (Å²) in [6.07, 6.45) is 3.36. The van der Waals surface area contributed by atoms with Crippen molar-refractivity contribution in [3.05, 3.63) is 23.3 Å². The molecule has 3 aliphatic rings. The van der Waals surface area contributed by atoms with Gasteiger partial charge < -0.3 is 24.4 Å². The van der Waals surface area contributed by atoms with E-state index >= 15 is 0 Å². The second kappa shape index (κ2) is 12.0. The lowest BCUT2D eigenvalue weighted by Crippen LogP contribution is -2.48. The van der Waals surface area contributed by atoms with Gasteiger partial charge >= 0.3 is 17.9 Å². The Morgan fingerprint density at radius 2 is 1.56 bits per heavy atom. The van der Waals surface area contributed by atoms with Crippen molar-refractivity contribution in [3.63, 3.8) is 0 Å². The predicted octanol–water partition coefficient (Wildman–Crippen LogP) is 4.57. The maximum atomic E-state index is 12.2. The molecule has 1 aromatic carbocycles. The maximum absolute atomic E-state index is 12.2. The Morgan fingerprint density at radius 1 is 0.923 bits per heavy atom. The van der Waals surface area contributed by atoms with Crippen LogP contribution in [0.25, 0.3) is 0 Å². The number of esters is 3. The molecule has 2 N–H and O–H groups in total. The van der Waals surface area contributed by atoms with E-state index in [2.05, 4.69) is 6.92 Å². The van der Waals surface area contributed by atoms with Crippen LogP contribution >= 0.6 is 0 Å². The number of aliphatic hydroxyl groups is 2. The molecule has 216 valence electrons. The van der Waals surface area contributed by atoms with Crippen LogP contribution in [0.5, 0.6) is 11.5 Å². The summed E-state index contributed by atoms with van der Waals surface area (Å²) in [5.41, 5.74) is 1.89. The van der Waals surface area contributed by atoms with Crippen LogP contribution in [-0.2, 0) is 25.5 Å². The highest BCUT2D eigenvalue weighted by atomic mass is 16.6. The summed E-state index contributed by atoms with van der Waals surface area (Å²) < 4.78 is 16.7. The van der Waals surface area contributed by atoms with Crippen LogP contribution in [0, 0.1) is 35.5 Å². The van der Waals surface area contributed by atoms with Crippen LogP contribution in [0.4, 0.5) is 0 Å². The molecule has 8 heteroatoms. The van der Waals surface area contributed by atoms with Gasteiger partial charge in [-0.3, -0.25) is 14.4 Å². The fourth-order valence-corrected chi connectivity index (χ4v) is 7.76. The number of carbonyl (C=O) groups is 3. The molecule has 8 nitrogen and oxygen atoms in total. The van der Waals surface area contributed by atoms with Gasteiger partial charge in [0.1, 0.15) is 6.10 Å². The first kappa shape index (κ1) is 29.5. The van der Waals surface area contributed by atoms with Gasteiger partial charge in [0.2, 0.25) is 0 Å². The van der Waals surface area contributed by atoms with Crippen LogP contribution in [0.3, 0.4) is 0 Å². The van der Waals surface area contributed by atoms with Gasteiger partial charge in [-0.05, 0) is 90.9 Å². The molecule has 0 aromatic heterocycles. The molecular formula is C31H44O8. The van der Waals surface area contributed by atoms with Crippen molar-refractivity contribution in [1.82, 2.24) is 0 Å². The second-order valence-corrected chi connectivity index (χ2v) is 12.4. The summed E-state index contributed by atoms with van der Waals surface area (Å²) >= 11 is 0. The fourth-order valence-electron chi connectivity index (χ4n) is 7.76. The van der Waals surface area contributed by atoms with Gasteiger partial charge in [0.25, 0.3) is 0 Å². The molecule has 1 aromatic rings. The molecule has 0 saturated heterocycles. The molecule has 2 saturated carbocycles. The number of carbonyl (C=O) groups excluding carboxylic acids is 3. The highest BCUT2D eigenvalue weighted by Gasteiger charge is 2.56. The minimum absolute atomic E-state index is 0.00602. The maximum Gasteiger partial charge on any atom is 0.308 e. The van der Waals surface area contributed by atoms with Crippen LogP contribution in [0.1, 0.15) is 90.7 Å². The van der Waals surface area contributed by atoms with E-state index in [9.17, 15) is 24.6 Å². The van der Waals surface area contributed by atoms with E-state index in [1.54, 1.807) is 12.1 Å². The first-order valence-electron chi connectivity index (χ1n) is 14.4. The highest BCUT2D eigenvalue weighted by molar-refractivity contribution is 5.74. The average molecular weight is 545 g/mol. The zero-order valence-corrected chi connectivity index (χ0v) is 24.0. The van der Waals surface area contributed by atoms with Gasteiger partial charge in [-0.15, -0.1) is 0 Å². The molecule has 0 aliphatic heterocycles. The molecule has 39 heavy (non-hydrogen) atoms. The topological polar surface area (TPSA) is 119 Å². The van der Waals surface area contributed by atoms with Crippen molar-refractivity contribution < 1.29 is 38.8 Å². The number of ether oxygens (including phenoxy) is 3. The average Bonchev–Trinajstić information content (AvgIpc) is 3.18. The van der Waals surface area contributed by atoms with Crippen molar-refractivity contribution in [3.8, 4) is 11.5 Å². The standard InChI is InChI=1S/C31H44O8/c1-15(2)25(35)10-7-16(3)23-13-26(36)30-21(23)8-9-22-24-14-28(38-18(5)33)27(37-17(4)32)11-20(24)12-29(31(22)30)39-19(6)34/h11,14-16,21-23,25-26,29-31,35-36H,7-10,12-13H2,1-6H3. The fraction of sp³-hybridized carbons (Fsp3) is 0.710. The Kier molecular flexibility index (Phi) is 9.06. The van der Waals surface area contributed by atoms with Crippen LogP contribution in [0.15, 0.2) is 12.1 Å². The number of rotatable bonds is 8. The molecule has 0 heterocycles. The number of hydrogen-bond acceptors (Lipinski definition) is 8. The predicted molar refractivity (Wildman–Crippen MR) is 144 cm³/mol. The van der Waals surface area contributed by atoms with E-state index in [4.69, 9.17) is 14.2 Å². The van der Waals surface area contributed by atoms with Crippen LogP contribution in [-0.4, -0.2) is 46.4 Å². The van der Waals surface area contributed by atoms with Crippen molar-refractivity contribution in [2.24, 2.45) is 35.5 Å². The molecule has 0 amide bonds. The number of aliphatic hydroxyl groups excluding tert-OH is 2. The normalized spacial score (nSPS) is 30.9. The second-order valence-electron chi connectivity index (χ2n) is 12.4. The van der Waals surface area contributed by atoms with Crippen molar-refractivity contribution in [2.45, 2.75) is 104 Å². The van der Waals surface area contributed by atoms with E-state index in [0.29, 0.717) is 30.6 Å². The third-order valence-electron chi connectivity index (χ3n) is 9.42. The lowest BCUT2D eigenvalue weighted by atomic mass is 9.58. The number of fused-ring (bicyclic) bond motifs is 5. The van der Waals surface area contributed by atoms with Gasteiger partial charge in [-0.2, -0.15) is 0 Å². The van der Waals surface area contributed by atoms with Gasteiger partial charge in [0.15, 0.2) is 11.5 Å². The Hall–Kier alpha value is -2.45. The molecule has 2 fully saturated rings. The zero-order chi connectivity index (χ0) is 28.6. The van der Waals surface area contributed by atoms with E-state index in [-0.39, 0.29) is 47.2 Å². The summed E-state index contributed by atoms with van der Waals surface area (Å²) in [6.45, 7) is 10.3. The molecule has 4 rings (SSSR count). The minimum Gasteiger partial charge on any atom is -0.462 e. The van der Waals surface area contributed by atoms with Crippen molar-refractivity contribution in [2.75, 3.05) is 0 Å². The summed E-state index contributed by atoms with van der Waals surface area (Å²) in [5.74, 6) is 0.123. The zero-order valence-electron chi connectivity index (χ0n) is 24.0. The Balaban J connectivity index is 1.67. The van der Waals surface area contributed by atoms with E-state index in [1.165, 1.54) is 20.8 Å². The lowest BCUT2D eigenvalue weighted by Gasteiger charge is -2.49. The largest absolute Gasteiger partial charge is 0.462 e. The van der Waals surface area contributed by atoms with Gasteiger partial charge in [-0.25, -0.2) is 0 Å². The lowest BCUT2D eigenvalue weighted by molar-refractivity contribution is -0.155. The number of hydrogen-bond donors (Lipinski definition) is 2. The molecule has 0 spiro atoms. The Bertz CT molecular complexity index is 1080. The van der Waals surface area contributed by atoms with Crippen LogP contribution < -0.4 is 9.47 Å². The van der Waals surface area contributed by atoms with Gasteiger partial charge in [0.05, 0.1) is 12.2 Å². The van der Waals surface area contributed by atoms with Gasteiger partial charge in [0, 0.05) is 33.1 Å². The summed E-state index contributed by atoms with van der Waals surface area (Å²) in [4.78, 5) is 35.8. The molecule has 9 atom stereocenters. The van der Waals surface area contributed by atoms with E-state index < -0.39 is 24.1 Å². The SMILES string of the molecule is CC(=O)Oc1cc2c(cc1OC(C)=O)C1CCC3C(C(C)CCC(O)C(C)C)CC(O)C3C1C(OC(C)=O)C2. The monoisotopic (exact) mass is 544 g/mol. The van der Waals surface area contributed by atoms with Crippen LogP contribution in [0.2, 0.25) is 0 Å². The minimum atomic E-state index is -0.524. The van der Waals surface area contributed by atoms with E-state index in [0.717, 1.165) is 36.8 Å².